The van der Waals surface area contributed by atoms with Crippen LogP contribution < -0.4 is 14.2 Å². The number of benzene rings is 1. The van der Waals surface area contributed by atoms with Crippen LogP contribution in [0.3, 0.4) is 0 Å². The van der Waals surface area contributed by atoms with Crippen molar-refractivity contribution in [3.63, 3.8) is 0 Å². The molecule has 0 bridgehead atoms. The quantitative estimate of drug-likeness (QED) is 0.476. The van der Waals surface area contributed by atoms with Crippen LogP contribution >= 0.6 is 0 Å². The summed E-state index contributed by atoms with van der Waals surface area (Å²) in [6, 6.07) is 3.26. The lowest BCUT2D eigenvalue weighted by Crippen LogP contribution is -2.43. The first-order chi connectivity index (χ1) is 11.8. The third kappa shape index (κ3) is 6.21. The van der Waals surface area contributed by atoms with E-state index in [2.05, 4.69) is 13.8 Å². The Morgan fingerprint density at radius 3 is 2.12 bits per heavy atom. The highest BCUT2D eigenvalue weighted by Gasteiger charge is 2.28. The molecule has 1 atom stereocenters. The molecule has 6 heteroatoms. The van der Waals surface area contributed by atoms with E-state index < -0.39 is 0 Å². The predicted molar refractivity (Wildman–Crippen MR) is 97.7 cm³/mol. The van der Waals surface area contributed by atoms with Gasteiger partial charge in [0.05, 0.1) is 20.8 Å². The molecule has 0 saturated carbocycles. The van der Waals surface area contributed by atoms with Crippen LogP contribution in [0.2, 0.25) is 0 Å². The van der Waals surface area contributed by atoms with Crippen molar-refractivity contribution in [3.05, 3.63) is 17.7 Å². The summed E-state index contributed by atoms with van der Waals surface area (Å²) in [6.07, 6.45) is 0.690. The van der Waals surface area contributed by atoms with Crippen molar-refractivity contribution in [2.45, 2.75) is 33.2 Å². The van der Waals surface area contributed by atoms with Gasteiger partial charge in [-0.3, -0.25) is 4.90 Å². The number of ether oxygens (including phenoxy) is 4. The molecule has 0 aliphatic heterocycles. The zero-order chi connectivity index (χ0) is 19.0. The van der Waals surface area contributed by atoms with Crippen molar-refractivity contribution in [1.29, 1.82) is 0 Å². The zero-order valence-corrected chi connectivity index (χ0v) is 16.4. The number of rotatable bonds is 10. The Labute approximate surface area is 151 Å². The average molecular weight is 353 g/mol. The maximum atomic E-state index is 12.9. The lowest BCUT2D eigenvalue weighted by Gasteiger charge is -2.27. The highest BCUT2D eigenvalue weighted by molar-refractivity contribution is 5.80. The molecule has 0 radical (unpaired) electrons. The second-order valence-electron chi connectivity index (χ2n) is 6.54. The van der Waals surface area contributed by atoms with E-state index in [0.717, 1.165) is 5.56 Å². The molecule has 142 valence electrons. The Bertz CT molecular complexity index is 534. The summed E-state index contributed by atoms with van der Waals surface area (Å²) in [5.74, 6) is 1.30. The van der Waals surface area contributed by atoms with Crippen molar-refractivity contribution >= 4 is 5.97 Å². The number of esters is 1. The maximum Gasteiger partial charge on any atom is 0.329 e. The van der Waals surface area contributed by atoms with Crippen LogP contribution in [0, 0.1) is 12.8 Å². The van der Waals surface area contributed by atoms with Gasteiger partial charge >= 0.3 is 5.97 Å². The first kappa shape index (κ1) is 21.3. The Morgan fingerprint density at radius 1 is 1.12 bits per heavy atom. The highest BCUT2D eigenvalue weighted by Crippen LogP contribution is 2.38. The van der Waals surface area contributed by atoms with Crippen molar-refractivity contribution in [2.75, 3.05) is 41.5 Å². The minimum Gasteiger partial charge on any atom is -0.493 e. The number of hydrogen-bond donors (Lipinski definition) is 0. The third-order valence-electron chi connectivity index (χ3n) is 3.95. The van der Waals surface area contributed by atoms with Crippen LogP contribution in [0.1, 0.15) is 25.8 Å². The minimum atomic E-state index is -0.370. The molecule has 0 saturated heterocycles. The van der Waals surface area contributed by atoms with E-state index in [1.807, 2.05) is 31.0 Å². The monoisotopic (exact) mass is 353 g/mol. The molecule has 0 aromatic heterocycles. The summed E-state index contributed by atoms with van der Waals surface area (Å²) < 4.78 is 21.6. The summed E-state index contributed by atoms with van der Waals surface area (Å²) in [4.78, 5) is 14.8. The summed E-state index contributed by atoms with van der Waals surface area (Å²) in [5, 5.41) is 0. The zero-order valence-electron chi connectivity index (χ0n) is 16.4. The van der Waals surface area contributed by atoms with Gasteiger partial charge in [-0.15, -0.1) is 0 Å². The first-order valence-electron chi connectivity index (χ1n) is 8.47. The normalized spacial score (nSPS) is 12.4. The standard InChI is InChI=1S/C19H31NO5/c1-13(2)10-15(20(4)8-9-22-5)19(21)25-18-16(23-6)11-14(3)12-17(18)24-7/h11-13,15H,8-10H2,1-7H3. The molecule has 0 amide bonds. The molecule has 0 aliphatic carbocycles. The van der Waals surface area contributed by atoms with Gasteiger partial charge in [0.25, 0.3) is 0 Å². The molecule has 0 heterocycles. The maximum absolute atomic E-state index is 12.9. The number of carbonyl (C=O) groups is 1. The van der Waals surface area contributed by atoms with E-state index >= 15 is 0 Å². The molecule has 25 heavy (non-hydrogen) atoms. The molecule has 0 aliphatic rings. The summed E-state index contributed by atoms with van der Waals surface area (Å²) in [5.41, 5.74) is 0.962. The predicted octanol–water partition coefficient (Wildman–Crippen LogP) is 2.91. The smallest absolute Gasteiger partial charge is 0.329 e. The van der Waals surface area contributed by atoms with Crippen LogP contribution in [0.5, 0.6) is 17.2 Å². The molecule has 1 unspecified atom stereocenters. The van der Waals surface area contributed by atoms with Gasteiger partial charge in [0.1, 0.15) is 6.04 Å². The average Bonchev–Trinajstić information content (AvgIpc) is 2.58. The SMILES string of the molecule is COCCN(C)C(CC(C)C)C(=O)Oc1c(OC)cc(C)cc1OC. The number of hydrogen-bond acceptors (Lipinski definition) is 6. The van der Waals surface area contributed by atoms with E-state index in [-0.39, 0.29) is 12.0 Å². The van der Waals surface area contributed by atoms with Crippen LogP contribution in [0.15, 0.2) is 12.1 Å². The summed E-state index contributed by atoms with van der Waals surface area (Å²) >= 11 is 0. The largest absolute Gasteiger partial charge is 0.493 e. The van der Waals surface area contributed by atoms with Crippen LogP contribution in [-0.4, -0.2) is 58.4 Å². The second-order valence-corrected chi connectivity index (χ2v) is 6.54. The lowest BCUT2D eigenvalue weighted by atomic mass is 10.0. The van der Waals surface area contributed by atoms with Crippen LogP contribution in [0.4, 0.5) is 0 Å². The molecule has 1 rings (SSSR count). The van der Waals surface area contributed by atoms with Gasteiger partial charge in [-0.1, -0.05) is 13.8 Å². The van der Waals surface area contributed by atoms with E-state index in [1.54, 1.807) is 21.3 Å². The van der Waals surface area contributed by atoms with E-state index in [9.17, 15) is 4.79 Å². The Kier molecular flexibility index (Phi) is 8.72. The molecule has 1 aromatic carbocycles. The fourth-order valence-corrected chi connectivity index (χ4v) is 2.57. The van der Waals surface area contributed by atoms with Crippen molar-refractivity contribution in [1.82, 2.24) is 4.90 Å². The van der Waals surface area contributed by atoms with Gasteiger partial charge in [-0.2, -0.15) is 0 Å². The van der Waals surface area contributed by atoms with Crippen LogP contribution in [-0.2, 0) is 9.53 Å². The van der Waals surface area contributed by atoms with Gasteiger partial charge in [0.2, 0.25) is 5.75 Å². The number of nitrogens with zero attached hydrogens (tertiary/aromatic N) is 1. The number of carbonyl (C=O) groups excluding carboxylic acids is 1. The van der Waals surface area contributed by atoms with Gasteiger partial charge in [0.15, 0.2) is 11.5 Å². The summed E-state index contributed by atoms with van der Waals surface area (Å²) in [7, 11) is 6.63. The number of aryl methyl sites for hydroxylation is 1. The van der Waals surface area contributed by atoms with Crippen molar-refractivity contribution in [3.8, 4) is 17.2 Å². The van der Waals surface area contributed by atoms with Crippen LogP contribution in [0.25, 0.3) is 0 Å². The van der Waals surface area contributed by atoms with Gasteiger partial charge < -0.3 is 18.9 Å². The number of likely N-dealkylation sites (N-methyl/N-ethyl adjacent to an activating group) is 1. The van der Waals surface area contributed by atoms with E-state index in [0.29, 0.717) is 42.7 Å². The topological polar surface area (TPSA) is 57.2 Å². The molecule has 0 N–H and O–H groups in total. The Morgan fingerprint density at radius 2 is 1.68 bits per heavy atom. The van der Waals surface area contributed by atoms with E-state index in [1.165, 1.54) is 0 Å². The molecule has 6 nitrogen and oxygen atoms in total. The molecule has 0 spiro atoms. The number of methoxy groups -OCH3 is 3. The fourth-order valence-electron chi connectivity index (χ4n) is 2.57. The molecule has 1 aromatic rings. The molecular formula is C19H31NO5. The lowest BCUT2D eigenvalue weighted by molar-refractivity contribution is -0.141. The Balaban J connectivity index is 3.06. The van der Waals surface area contributed by atoms with E-state index in [4.69, 9.17) is 18.9 Å². The van der Waals surface area contributed by atoms with Gasteiger partial charge in [0, 0.05) is 13.7 Å². The summed E-state index contributed by atoms with van der Waals surface area (Å²) in [6.45, 7) is 7.28. The molecular weight excluding hydrogens is 322 g/mol. The fraction of sp³-hybridized carbons (Fsp3) is 0.632. The second kappa shape index (κ2) is 10.3. The van der Waals surface area contributed by atoms with Gasteiger partial charge in [-0.05, 0) is 44.0 Å². The van der Waals surface area contributed by atoms with Crippen molar-refractivity contribution < 1.29 is 23.7 Å². The highest BCUT2D eigenvalue weighted by atomic mass is 16.6. The molecule has 0 fully saturated rings. The third-order valence-corrected chi connectivity index (χ3v) is 3.95. The van der Waals surface area contributed by atoms with Gasteiger partial charge in [-0.25, -0.2) is 4.79 Å². The van der Waals surface area contributed by atoms with Crippen molar-refractivity contribution in [2.24, 2.45) is 5.92 Å². The first-order valence-corrected chi connectivity index (χ1v) is 8.47. The minimum absolute atomic E-state index is 0.314. The Hall–Kier alpha value is -1.79.